The van der Waals surface area contributed by atoms with Crippen molar-refractivity contribution in [2.24, 2.45) is 5.11 Å². The molecule has 0 atom stereocenters. The van der Waals surface area contributed by atoms with Crippen molar-refractivity contribution in [3.63, 3.8) is 0 Å². The summed E-state index contributed by atoms with van der Waals surface area (Å²) in [5.41, 5.74) is 7.49. The van der Waals surface area contributed by atoms with Crippen molar-refractivity contribution in [2.45, 2.75) is 0 Å². The van der Waals surface area contributed by atoms with Crippen LogP contribution in [0, 0.1) is 23.3 Å². The van der Waals surface area contributed by atoms with E-state index in [2.05, 4.69) is 36.6 Å². The average Bonchev–Trinajstić information content (AvgIpc) is 2.68. The topological polar surface area (TPSA) is 107 Å². The van der Waals surface area contributed by atoms with Gasteiger partial charge in [0.05, 0.1) is 16.7 Å². The van der Waals surface area contributed by atoms with Crippen molar-refractivity contribution < 1.29 is 27.2 Å². The van der Waals surface area contributed by atoms with E-state index in [1.165, 1.54) is 24.3 Å². The Morgan fingerprint density at radius 2 is 1.39 bits per heavy atom. The first-order valence-corrected chi connectivity index (χ1v) is 8.46. The van der Waals surface area contributed by atoms with Gasteiger partial charge in [-0.2, -0.15) is 0 Å². The van der Waals surface area contributed by atoms with Crippen LogP contribution in [0.15, 0.2) is 41.5 Å². The Bertz CT molecular complexity index is 907. The van der Waals surface area contributed by atoms with E-state index in [4.69, 9.17) is 5.53 Å². The van der Waals surface area contributed by atoms with Gasteiger partial charge < -0.3 is 10.6 Å². The predicted molar refractivity (Wildman–Crippen MR) is 97.8 cm³/mol. The monoisotopic (exact) mass is 461 g/mol. The maximum Gasteiger partial charge on any atom is 0.235 e. The van der Waals surface area contributed by atoms with Gasteiger partial charge in [-0.1, -0.05) is 33.2 Å². The maximum atomic E-state index is 13.0. The van der Waals surface area contributed by atoms with E-state index in [0.29, 0.717) is 0 Å². The summed E-state index contributed by atoms with van der Waals surface area (Å²) in [6, 6.07) is 6.98. The normalized spacial score (nSPS) is 9.46. The van der Waals surface area contributed by atoms with Crippen LogP contribution in [0.4, 0.5) is 28.9 Å². The first kappa shape index (κ1) is 22.9. The fraction of sp³-hybridized carbons (Fsp3) is 0.125. The van der Waals surface area contributed by atoms with Crippen LogP contribution in [0.25, 0.3) is 10.4 Å². The van der Waals surface area contributed by atoms with Crippen LogP contribution in [-0.4, -0.2) is 23.7 Å². The molecule has 2 amide bonds. The fourth-order valence-corrected chi connectivity index (χ4v) is 1.81. The van der Waals surface area contributed by atoms with Gasteiger partial charge in [-0.3, -0.25) is 9.59 Å². The first-order chi connectivity index (χ1) is 13.3. The Kier molecular flexibility index (Phi) is 9.48. The number of nitrogens with one attached hydrogen (secondary N) is 2. The molecule has 0 fully saturated rings. The largest absolute Gasteiger partial charge is 0.323 e. The van der Waals surface area contributed by atoms with E-state index in [9.17, 15) is 27.2 Å². The Morgan fingerprint density at radius 3 is 1.82 bits per heavy atom. The van der Waals surface area contributed by atoms with Crippen LogP contribution in [-0.2, 0) is 9.59 Å². The van der Waals surface area contributed by atoms with Gasteiger partial charge in [0.1, 0.15) is 6.54 Å². The minimum absolute atomic E-state index is 0.0446. The molecular weight excluding hydrogens is 450 g/mol. The van der Waals surface area contributed by atoms with Crippen molar-refractivity contribution in [1.82, 2.24) is 0 Å². The summed E-state index contributed by atoms with van der Waals surface area (Å²) < 4.78 is 51.2. The summed E-state index contributed by atoms with van der Waals surface area (Å²) in [4.78, 5) is 24.1. The number of benzene rings is 2. The molecule has 0 saturated carbocycles. The summed E-state index contributed by atoms with van der Waals surface area (Å²) >= 11 is 2.89. The molecule has 2 aromatic carbocycles. The highest BCUT2D eigenvalue weighted by atomic mass is 79.9. The fourth-order valence-electron chi connectivity index (χ4n) is 1.67. The summed E-state index contributed by atoms with van der Waals surface area (Å²) in [7, 11) is 0. The zero-order valence-electron chi connectivity index (χ0n) is 13.9. The molecule has 0 spiro atoms. The van der Waals surface area contributed by atoms with E-state index in [1.54, 1.807) is 0 Å². The Hall–Kier alpha value is -3.11. The SMILES string of the molecule is O=C(CBr)Nc1cccc(F)c1F.[N-]=[N+]=NCC(=O)Nc1cccc(F)c1F. The Balaban J connectivity index is 0.000000283. The molecular formula is C16H12BrF4N5O2. The van der Waals surface area contributed by atoms with E-state index in [-0.39, 0.29) is 16.7 Å². The number of nitrogens with zero attached hydrogens (tertiary/aromatic N) is 3. The number of azide groups is 1. The van der Waals surface area contributed by atoms with Gasteiger partial charge in [-0.15, -0.1) is 0 Å². The molecule has 0 aliphatic carbocycles. The number of halogens is 5. The summed E-state index contributed by atoms with van der Waals surface area (Å²) in [6.45, 7) is -0.466. The molecule has 0 bridgehead atoms. The number of hydrogen-bond donors (Lipinski definition) is 2. The molecule has 12 heteroatoms. The van der Waals surface area contributed by atoms with E-state index in [0.717, 1.165) is 12.1 Å². The third-order valence-electron chi connectivity index (χ3n) is 2.85. The molecule has 0 radical (unpaired) electrons. The molecule has 0 saturated heterocycles. The highest BCUT2D eigenvalue weighted by molar-refractivity contribution is 9.09. The van der Waals surface area contributed by atoms with Crippen LogP contribution in [0.1, 0.15) is 0 Å². The van der Waals surface area contributed by atoms with Gasteiger partial charge in [-0.05, 0) is 29.8 Å². The van der Waals surface area contributed by atoms with Gasteiger partial charge in [-0.25, -0.2) is 17.6 Å². The molecule has 2 rings (SSSR count). The molecule has 0 aromatic heterocycles. The number of carbonyl (C=O) groups is 2. The zero-order chi connectivity index (χ0) is 21.1. The molecule has 0 unspecified atom stereocenters. The Labute approximate surface area is 164 Å². The van der Waals surface area contributed by atoms with Crippen LogP contribution < -0.4 is 10.6 Å². The number of carbonyl (C=O) groups excluding carboxylic acids is 2. The van der Waals surface area contributed by atoms with Gasteiger partial charge in [0.15, 0.2) is 23.3 Å². The summed E-state index contributed by atoms with van der Waals surface area (Å²) in [5.74, 6) is -5.37. The van der Waals surface area contributed by atoms with E-state index >= 15 is 0 Å². The highest BCUT2D eigenvalue weighted by Crippen LogP contribution is 2.17. The molecule has 0 aliphatic heterocycles. The smallest absolute Gasteiger partial charge is 0.235 e. The van der Waals surface area contributed by atoms with Crippen molar-refractivity contribution in [1.29, 1.82) is 0 Å². The van der Waals surface area contributed by atoms with E-state index < -0.39 is 41.6 Å². The lowest BCUT2D eigenvalue weighted by Gasteiger charge is -2.04. The third-order valence-corrected chi connectivity index (χ3v) is 3.36. The minimum atomic E-state index is -1.15. The van der Waals surface area contributed by atoms with Crippen LogP contribution in [0.5, 0.6) is 0 Å². The molecule has 2 aromatic rings. The molecule has 7 nitrogen and oxygen atoms in total. The molecule has 148 valence electrons. The van der Waals surface area contributed by atoms with Gasteiger partial charge in [0, 0.05) is 4.91 Å². The standard InChI is InChI=1S/C8H6BrF2NO.C8H6F2N4O/c9-4-7(13)12-6-3-1-2-5(10)8(6)11;9-5-2-1-3-6(8(5)10)13-7(15)4-12-14-11/h1-3H,4H2,(H,12,13);1-3H,4H2,(H,13,15). The molecule has 0 aliphatic rings. The number of amides is 2. The van der Waals surface area contributed by atoms with E-state index in [1.807, 2.05) is 0 Å². The molecule has 0 heterocycles. The number of hydrogen-bond acceptors (Lipinski definition) is 3. The summed E-state index contributed by atoms with van der Waals surface area (Å²) in [5, 5.41) is 7.28. The van der Waals surface area contributed by atoms with Crippen molar-refractivity contribution in [3.05, 3.63) is 70.1 Å². The van der Waals surface area contributed by atoms with Crippen LogP contribution >= 0.6 is 15.9 Å². The number of alkyl halides is 1. The van der Waals surface area contributed by atoms with Gasteiger partial charge >= 0.3 is 0 Å². The minimum Gasteiger partial charge on any atom is -0.323 e. The number of anilines is 2. The van der Waals surface area contributed by atoms with Crippen molar-refractivity contribution in [3.8, 4) is 0 Å². The van der Waals surface area contributed by atoms with Gasteiger partial charge in [0.25, 0.3) is 0 Å². The molecule has 28 heavy (non-hydrogen) atoms. The zero-order valence-corrected chi connectivity index (χ0v) is 15.5. The second-order valence-electron chi connectivity index (χ2n) is 4.82. The second kappa shape index (κ2) is 11.6. The number of rotatable bonds is 5. The quantitative estimate of drug-likeness (QED) is 0.224. The predicted octanol–water partition coefficient (Wildman–Crippen LogP) is 4.51. The second-order valence-corrected chi connectivity index (χ2v) is 5.38. The summed E-state index contributed by atoms with van der Waals surface area (Å²) in [6.07, 6.45) is 0. The molecule has 2 N–H and O–H groups in total. The lowest BCUT2D eigenvalue weighted by molar-refractivity contribution is -0.115. The van der Waals surface area contributed by atoms with Gasteiger partial charge in [0.2, 0.25) is 11.8 Å². The van der Waals surface area contributed by atoms with Crippen molar-refractivity contribution in [2.75, 3.05) is 22.5 Å². The van der Waals surface area contributed by atoms with Crippen LogP contribution in [0.2, 0.25) is 0 Å². The average molecular weight is 462 g/mol. The van der Waals surface area contributed by atoms with Crippen LogP contribution in [0.3, 0.4) is 0 Å². The Morgan fingerprint density at radius 1 is 0.929 bits per heavy atom. The lowest BCUT2D eigenvalue weighted by atomic mass is 10.3. The lowest BCUT2D eigenvalue weighted by Crippen LogP contribution is -2.15. The maximum absolute atomic E-state index is 13.0. The third kappa shape index (κ3) is 7.25. The first-order valence-electron chi connectivity index (χ1n) is 7.34. The highest BCUT2D eigenvalue weighted by Gasteiger charge is 2.10. The van der Waals surface area contributed by atoms with Crippen molar-refractivity contribution >= 4 is 39.1 Å².